The maximum atomic E-state index is 12.7. The monoisotopic (exact) mass is 329 g/mol. The van der Waals surface area contributed by atoms with E-state index in [9.17, 15) is 9.59 Å². The third-order valence-electron chi connectivity index (χ3n) is 4.01. The Morgan fingerprint density at radius 3 is 2.26 bits per heavy atom. The zero-order chi connectivity index (χ0) is 16.4. The molecule has 5 heteroatoms. The van der Waals surface area contributed by atoms with Crippen LogP contribution in [0.5, 0.6) is 0 Å². The van der Waals surface area contributed by atoms with Crippen molar-refractivity contribution in [2.45, 2.75) is 0 Å². The van der Waals surface area contributed by atoms with E-state index < -0.39 is 0 Å². The Hall–Kier alpha value is -2.17. The van der Waals surface area contributed by atoms with Crippen molar-refractivity contribution < 1.29 is 14.7 Å². The molecule has 0 spiro atoms. The summed E-state index contributed by atoms with van der Waals surface area (Å²) in [5.74, 6) is -0.240. The van der Waals surface area contributed by atoms with E-state index >= 15 is 0 Å². The van der Waals surface area contributed by atoms with E-state index in [0.717, 1.165) is 0 Å². The van der Waals surface area contributed by atoms with Gasteiger partial charge in [0.05, 0.1) is 5.56 Å². The Labute approximate surface area is 139 Å². The highest BCUT2D eigenvalue weighted by molar-refractivity contribution is 6.30. The van der Waals surface area contributed by atoms with Crippen LogP contribution in [0.3, 0.4) is 0 Å². The average Bonchev–Trinajstić information content (AvgIpc) is 2.54. The van der Waals surface area contributed by atoms with Crippen molar-refractivity contribution in [3.05, 3.63) is 70.2 Å². The van der Waals surface area contributed by atoms with Crippen molar-refractivity contribution in [1.82, 2.24) is 4.90 Å². The van der Waals surface area contributed by atoms with Gasteiger partial charge >= 0.3 is 0 Å². The Kier molecular flexibility index (Phi) is 4.46. The second-order valence-corrected chi connectivity index (χ2v) is 6.08. The minimum absolute atomic E-state index is 0.0785. The molecule has 1 N–H and O–H groups in total. The number of aliphatic hydroxyl groups excluding tert-OH is 1. The molecule has 3 rings (SSSR count). The number of likely N-dealkylation sites (tertiary alicyclic amines) is 1. The third kappa shape index (κ3) is 3.14. The molecule has 2 aromatic carbocycles. The van der Waals surface area contributed by atoms with Crippen molar-refractivity contribution in [3.8, 4) is 0 Å². The third-order valence-corrected chi connectivity index (χ3v) is 4.26. The number of hydrogen-bond acceptors (Lipinski definition) is 3. The number of carbonyl (C=O) groups excluding carboxylic acids is 2. The van der Waals surface area contributed by atoms with Gasteiger partial charge in [0.1, 0.15) is 0 Å². The molecule has 1 saturated heterocycles. The normalized spacial score (nSPS) is 14.4. The number of amides is 1. The number of aliphatic hydroxyl groups is 1. The fourth-order valence-electron chi connectivity index (χ4n) is 2.65. The van der Waals surface area contributed by atoms with Gasteiger partial charge in [0.15, 0.2) is 5.78 Å². The molecule has 4 nitrogen and oxygen atoms in total. The zero-order valence-electron chi connectivity index (χ0n) is 12.4. The van der Waals surface area contributed by atoms with E-state index in [2.05, 4.69) is 0 Å². The molecule has 1 fully saturated rings. The fourth-order valence-corrected chi connectivity index (χ4v) is 2.77. The summed E-state index contributed by atoms with van der Waals surface area (Å²) in [5.41, 5.74) is 1.27. The first kappa shape index (κ1) is 15.7. The maximum absolute atomic E-state index is 12.7. The predicted molar refractivity (Wildman–Crippen MR) is 87.8 cm³/mol. The molecule has 1 amide bonds. The van der Waals surface area contributed by atoms with Gasteiger partial charge in [0.2, 0.25) is 0 Å². The van der Waals surface area contributed by atoms with E-state index in [1.165, 1.54) is 0 Å². The lowest BCUT2D eigenvalue weighted by Gasteiger charge is -2.38. The highest BCUT2D eigenvalue weighted by atomic mass is 35.5. The van der Waals surface area contributed by atoms with Crippen LogP contribution < -0.4 is 0 Å². The molecule has 118 valence electrons. The quantitative estimate of drug-likeness (QED) is 0.877. The van der Waals surface area contributed by atoms with E-state index in [0.29, 0.717) is 34.8 Å². The van der Waals surface area contributed by atoms with Crippen LogP contribution in [0.15, 0.2) is 48.5 Å². The number of hydrogen-bond donors (Lipinski definition) is 1. The van der Waals surface area contributed by atoms with Gasteiger partial charge in [-0.3, -0.25) is 9.59 Å². The molecule has 0 atom stereocenters. The van der Waals surface area contributed by atoms with Gasteiger partial charge in [-0.15, -0.1) is 0 Å². The lowest BCUT2D eigenvalue weighted by Crippen LogP contribution is -2.51. The van der Waals surface area contributed by atoms with E-state index in [1.807, 2.05) is 0 Å². The Morgan fingerprint density at radius 2 is 1.65 bits per heavy atom. The van der Waals surface area contributed by atoms with Gasteiger partial charge in [0, 0.05) is 41.8 Å². The first-order chi connectivity index (χ1) is 11.1. The van der Waals surface area contributed by atoms with Crippen molar-refractivity contribution in [2.24, 2.45) is 5.92 Å². The van der Waals surface area contributed by atoms with Crippen LogP contribution in [0.1, 0.15) is 26.3 Å². The number of ketones is 1. The maximum Gasteiger partial charge on any atom is 0.254 e. The van der Waals surface area contributed by atoms with E-state index in [1.54, 1.807) is 53.4 Å². The van der Waals surface area contributed by atoms with Crippen LogP contribution in [-0.4, -0.2) is 41.4 Å². The van der Waals surface area contributed by atoms with Crippen LogP contribution in [0.2, 0.25) is 5.02 Å². The summed E-state index contributed by atoms with van der Waals surface area (Å²) in [6.07, 6.45) is 0. The molecule has 0 aliphatic carbocycles. The Balaban J connectivity index is 1.87. The summed E-state index contributed by atoms with van der Waals surface area (Å²) in [4.78, 5) is 26.9. The van der Waals surface area contributed by atoms with Crippen LogP contribution >= 0.6 is 11.6 Å². The molecular formula is C18H16ClNO3. The first-order valence-electron chi connectivity index (χ1n) is 7.39. The van der Waals surface area contributed by atoms with Crippen LogP contribution in [0.25, 0.3) is 0 Å². The summed E-state index contributed by atoms with van der Waals surface area (Å²) in [6, 6.07) is 13.4. The average molecular weight is 330 g/mol. The number of halogens is 1. The topological polar surface area (TPSA) is 57.6 Å². The summed E-state index contributed by atoms with van der Waals surface area (Å²) >= 11 is 5.85. The summed E-state index contributed by atoms with van der Waals surface area (Å²) < 4.78 is 0. The molecular weight excluding hydrogens is 314 g/mol. The number of rotatable bonds is 4. The standard InChI is InChI=1S/C18H16ClNO3/c19-14-7-5-13(6-8-14)17(22)15-3-1-2-4-16(15)18(23)20-9-12(10-20)11-21/h1-8,12,21H,9-11H2. The highest BCUT2D eigenvalue weighted by Crippen LogP contribution is 2.22. The van der Waals surface area contributed by atoms with Gasteiger partial charge in [-0.2, -0.15) is 0 Å². The molecule has 0 bridgehead atoms. The lowest BCUT2D eigenvalue weighted by molar-refractivity contribution is 0.0360. The van der Waals surface area contributed by atoms with E-state index in [-0.39, 0.29) is 24.2 Å². The second-order valence-electron chi connectivity index (χ2n) is 5.64. The number of nitrogens with zero attached hydrogens (tertiary/aromatic N) is 1. The largest absolute Gasteiger partial charge is 0.396 e. The SMILES string of the molecule is O=C(c1ccc(Cl)cc1)c1ccccc1C(=O)N1CC(CO)C1. The Morgan fingerprint density at radius 1 is 1.04 bits per heavy atom. The number of benzene rings is 2. The van der Waals surface area contributed by atoms with Gasteiger partial charge < -0.3 is 10.0 Å². The molecule has 2 aromatic rings. The Bertz CT molecular complexity index is 736. The van der Waals surface area contributed by atoms with Crippen molar-refractivity contribution in [2.75, 3.05) is 19.7 Å². The van der Waals surface area contributed by atoms with Crippen molar-refractivity contribution >= 4 is 23.3 Å². The molecule has 0 aromatic heterocycles. The van der Waals surface area contributed by atoms with Gasteiger partial charge in [0.25, 0.3) is 5.91 Å². The van der Waals surface area contributed by atoms with Crippen LogP contribution in [-0.2, 0) is 0 Å². The summed E-state index contributed by atoms with van der Waals surface area (Å²) in [5, 5.41) is 9.62. The molecule has 1 heterocycles. The van der Waals surface area contributed by atoms with Crippen LogP contribution in [0.4, 0.5) is 0 Å². The van der Waals surface area contributed by atoms with Crippen LogP contribution in [0, 0.1) is 5.92 Å². The minimum atomic E-state index is -0.204. The van der Waals surface area contributed by atoms with Crippen molar-refractivity contribution in [3.63, 3.8) is 0 Å². The summed E-state index contributed by atoms with van der Waals surface area (Å²) in [6.45, 7) is 1.13. The fraction of sp³-hybridized carbons (Fsp3) is 0.222. The minimum Gasteiger partial charge on any atom is -0.396 e. The van der Waals surface area contributed by atoms with Gasteiger partial charge in [-0.25, -0.2) is 0 Å². The van der Waals surface area contributed by atoms with Gasteiger partial charge in [-0.05, 0) is 30.3 Å². The smallest absolute Gasteiger partial charge is 0.254 e. The van der Waals surface area contributed by atoms with E-state index in [4.69, 9.17) is 16.7 Å². The molecule has 0 radical (unpaired) electrons. The first-order valence-corrected chi connectivity index (χ1v) is 7.77. The highest BCUT2D eigenvalue weighted by Gasteiger charge is 2.32. The predicted octanol–water partition coefficient (Wildman–Crippen LogP) is 2.64. The second kappa shape index (κ2) is 6.52. The molecule has 1 aliphatic heterocycles. The molecule has 0 saturated carbocycles. The van der Waals surface area contributed by atoms with Crippen molar-refractivity contribution in [1.29, 1.82) is 0 Å². The van der Waals surface area contributed by atoms with Gasteiger partial charge in [-0.1, -0.05) is 29.8 Å². The molecule has 1 aliphatic rings. The zero-order valence-corrected chi connectivity index (χ0v) is 13.2. The number of carbonyl (C=O) groups is 2. The molecule has 23 heavy (non-hydrogen) atoms. The molecule has 0 unspecified atom stereocenters. The lowest BCUT2D eigenvalue weighted by atomic mass is 9.95. The summed E-state index contributed by atoms with van der Waals surface area (Å²) in [7, 11) is 0.